The first-order valence-corrected chi connectivity index (χ1v) is 10.9. The fourth-order valence-electron chi connectivity index (χ4n) is 4.43. The number of benzene rings is 1. The molecule has 2 aliphatic rings. The average molecular weight is 446 g/mol. The van der Waals surface area contributed by atoms with Gasteiger partial charge < -0.3 is 20.1 Å². The van der Waals surface area contributed by atoms with E-state index in [0.717, 1.165) is 35.5 Å². The first-order valence-electron chi connectivity index (χ1n) is 10.9. The standard InChI is InChI=1S/C23H31N3O6/c1-22(14-11-16-7-9-17(31-2)10-8-16)19(28)26(21(30)25-22)15-18(27)24-23(20(29)32-3)12-5-4-6-13-23/h7-10H,4-6,11-15H2,1-3H3,(H,24,27)(H,25,30)/t22-/m1/s1. The first-order chi connectivity index (χ1) is 15.2. The lowest BCUT2D eigenvalue weighted by atomic mass is 9.81. The van der Waals surface area contributed by atoms with E-state index in [0.29, 0.717) is 25.7 Å². The lowest BCUT2D eigenvalue weighted by Crippen LogP contribution is -2.58. The number of imide groups is 1. The number of esters is 1. The molecule has 1 saturated carbocycles. The highest BCUT2D eigenvalue weighted by Gasteiger charge is 2.49. The number of ether oxygens (including phenoxy) is 2. The van der Waals surface area contributed by atoms with Crippen molar-refractivity contribution in [2.45, 2.75) is 62.9 Å². The Labute approximate surface area is 187 Å². The van der Waals surface area contributed by atoms with E-state index < -0.39 is 41.4 Å². The van der Waals surface area contributed by atoms with Gasteiger partial charge in [0.2, 0.25) is 5.91 Å². The minimum Gasteiger partial charge on any atom is -0.497 e. The highest BCUT2D eigenvalue weighted by molar-refractivity contribution is 6.09. The maximum absolute atomic E-state index is 13.0. The SMILES string of the molecule is COC(=O)C1(NC(=O)CN2C(=O)N[C@](C)(CCc3ccc(OC)cc3)C2=O)CCCCC1. The molecule has 0 spiro atoms. The number of nitrogens with zero attached hydrogens (tertiary/aromatic N) is 1. The van der Waals surface area contributed by atoms with Gasteiger partial charge in [-0.3, -0.25) is 14.5 Å². The number of carbonyl (C=O) groups is 4. The summed E-state index contributed by atoms with van der Waals surface area (Å²) >= 11 is 0. The molecule has 2 fully saturated rings. The summed E-state index contributed by atoms with van der Waals surface area (Å²) < 4.78 is 10.1. The Kier molecular flexibility index (Phi) is 7.06. The Bertz CT molecular complexity index is 878. The molecule has 4 amide bonds. The Balaban J connectivity index is 1.63. The summed E-state index contributed by atoms with van der Waals surface area (Å²) in [6.07, 6.45) is 4.47. The fourth-order valence-corrected chi connectivity index (χ4v) is 4.43. The summed E-state index contributed by atoms with van der Waals surface area (Å²) in [5.74, 6) is -0.765. The molecule has 1 atom stereocenters. The number of aryl methyl sites for hydroxylation is 1. The molecule has 9 heteroatoms. The molecule has 1 aromatic rings. The molecule has 1 aromatic carbocycles. The zero-order valence-corrected chi connectivity index (χ0v) is 18.9. The topological polar surface area (TPSA) is 114 Å². The van der Waals surface area contributed by atoms with Gasteiger partial charge in [0.05, 0.1) is 14.2 Å². The zero-order valence-electron chi connectivity index (χ0n) is 18.9. The molecule has 0 aromatic heterocycles. The van der Waals surface area contributed by atoms with Crippen LogP contribution in [-0.2, 0) is 25.5 Å². The van der Waals surface area contributed by atoms with Crippen LogP contribution in [0.1, 0.15) is 51.0 Å². The van der Waals surface area contributed by atoms with E-state index in [-0.39, 0.29) is 0 Å². The lowest BCUT2D eigenvalue weighted by Gasteiger charge is -2.35. The Morgan fingerprint density at radius 2 is 1.75 bits per heavy atom. The number of rotatable bonds is 8. The van der Waals surface area contributed by atoms with Gasteiger partial charge in [0.15, 0.2) is 0 Å². The molecule has 9 nitrogen and oxygen atoms in total. The van der Waals surface area contributed by atoms with Gasteiger partial charge in [-0.15, -0.1) is 0 Å². The second-order valence-electron chi connectivity index (χ2n) is 8.68. The predicted octanol–water partition coefficient (Wildman–Crippen LogP) is 1.93. The Morgan fingerprint density at radius 3 is 2.34 bits per heavy atom. The van der Waals surface area contributed by atoms with Crippen LogP contribution in [0.4, 0.5) is 4.79 Å². The van der Waals surface area contributed by atoms with Crippen LogP contribution in [0.15, 0.2) is 24.3 Å². The van der Waals surface area contributed by atoms with Crippen molar-refractivity contribution < 1.29 is 28.7 Å². The lowest BCUT2D eigenvalue weighted by molar-refractivity contribution is -0.152. The van der Waals surface area contributed by atoms with E-state index in [4.69, 9.17) is 9.47 Å². The van der Waals surface area contributed by atoms with Crippen molar-refractivity contribution in [2.75, 3.05) is 20.8 Å². The second kappa shape index (κ2) is 9.58. The smallest absolute Gasteiger partial charge is 0.331 e. The fraction of sp³-hybridized carbons (Fsp3) is 0.565. The molecule has 174 valence electrons. The first kappa shape index (κ1) is 23.6. The third-order valence-corrected chi connectivity index (χ3v) is 6.38. The van der Waals surface area contributed by atoms with Crippen LogP contribution in [0, 0.1) is 0 Å². The van der Waals surface area contributed by atoms with Crippen molar-refractivity contribution in [3.05, 3.63) is 29.8 Å². The van der Waals surface area contributed by atoms with Gasteiger partial charge in [0, 0.05) is 0 Å². The van der Waals surface area contributed by atoms with Gasteiger partial charge in [-0.2, -0.15) is 0 Å². The third-order valence-electron chi connectivity index (χ3n) is 6.38. The summed E-state index contributed by atoms with van der Waals surface area (Å²) in [4.78, 5) is 51.5. The molecular weight excluding hydrogens is 414 g/mol. The number of hydrogen-bond donors (Lipinski definition) is 2. The van der Waals surface area contributed by atoms with E-state index in [1.165, 1.54) is 7.11 Å². The highest BCUT2D eigenvalue weighted by atomic mass is 16.5. The normalized spacial score (nSPS) is 22.3. The van der Waals surface area contributed by atoms with Crippen LogP contribution in [-0.4, -0.2) is 60.6 Å². The van der Waals surface area contributed by atoms with E-state index in [1.807, 2.05) is 24.3 Å². The van der Waals surface area contributed by atoms with Crippen molar-refractivity contribution in [3.8, 4) is 5.75 Å². The van der Waals surface area contributed by atoms with Crippen LogP contribution in [0.5, 0.6) is 5.75 Å². The van der Waals surface area contributed by atoms with Crippen molar-refractivity contribution in [1.29, 1.82) is 0 Å². The number of hydrogen-bond acceptors (Lipinski definition) is 6. The van der Waals surface area contributed by atoms with Crippen LogP contribution in [0.2, 0.25) is 0 Å². The summed E-state index contributed by atoms with van der Waals surface area (Å²) in [6.45, 7) is 1.22. The number of urea groups is 1. The molecule has 32 heavy (non-hydrogen) atoms. The largest absolute Gasteiger partial charge is 0.497 e. The molecule has 1 aliphatic carbocycles. The molecule has 1 heterocycles. The molecule has 1 saturated heterocycles. The minimum atomic E-state index is -1.11. The van der Waals surface area contributed by atoms with Crippen LogP contribution < -0.4 is 15.4 Å². The van der Waals surface area contributed by atoms with Crippen molar-refractivity contribution in [3.63, 3.8) is 0 Å². The second-order valence-corrected chi connectivity index (χ2v) is 8.68. The van der Waals surface area contributed by atoms with Gasteiger partial charge in [-0.1, -0.05) is 31.4 Å². The minimum absolute atomic E-state index is 0.383. The van der Waals surface area contributed by atoms with Crippen molar-refractivity contribution in [1.82, 2.24) is 15.5 Å². The average Bonchev–Trinajstić information content (AvgIpc) is 3.01. The van der Waals surface area contributed by atoms with E-state index in [2.05, 4.69) is 10.6 Å². The van der Waals surface area contributed by atoms with E-state index in [9.17, 15) is 19.2 Å². The third kappa shape index (κ3) is 4.87. The van der Waals surface area contributed by atoms with Crippen LogP contribution >= 0.6 is 0 Å². The summed E-state index contributed by atoms with van der Waals surface area (Å²) in [5.41, 5.74) is -1.20. The summed E-state index contributed by atoms with van der Waals surface area (Å²) in [7, 11) is 2.88. The predicted molar refractivity (Wildman–Crippen MR) is 116 cm³/mol. The molecule has 0 bridgehead atoms. The maximum Gasteiger partial charge on any atom is 0.331 e. The summed E-state index contributed by atoms with van der Waals surface area (Å²) in [6, 6.07) is 6.88. The number of amides is 4. The molecule has 1 aliphatic heterocycles. The molecule has 3 rings (SSSR count). The monoisotopic (exact) mass is 445 g/mol. The van der Waals surface area contributed by atoms with E-state index >= 15 is 0 Å². The molecule has 0 radical (unpaired) electrons. The Morgan fingerprint density at radius 1 is 1.09 bits per heavy atom. The summed E-state index contributed by atoms with van der Waals surface area (Å²) in [5, 5.41) is 5.46. The molecular formula is C23H31N3O6. The Hall–Kier alpha value is -3.10. The van der Waals surface area contributed by atoms with Crippen molar-refractivity contribution in [2.24, 2.45) is 0 Å². The van der Waals surface area contributed by atoms with Gasteiger partial charge >= 0.3 is 12.0 Å². The number of nitrogens with one attached hydrogen (secondary N) is 2. The van der Waals surface area contributed by atoms with Gasteiger partial charge in [0.1, 0.15) is 23.4 Å². The number of carbonyl (C=O) groups excluding carboxylic acids is 4. The van der Waals surface area contributed by atoms with Crippen molar-refractivity contribution >= 4 is 23.8 Å². The molecule has 0 unspecified atom stereocenters. The van der Waals surface area contributed by atoms with Crippen LogP contribution in [0.3, 0.4) is 0 Å². The van der Waals surface area contributed by atoms with Crippen LogP contribution in [0.25, 0.3) is 0 Å². The van der Waals surface area contributed by atoms with Gasteiger partial charge in [0.25, 0.3) is 5.91 Å². The maximum atomic E-state index is 13.0. The highest BCUT2D eigenvalue weighted by Crippen LogP contribution is 2.30. The molecule has 2 N–H and O–H groups in total. The quantitative estimate of drug-likeness (QED) is 0.467. The van der Waals surface area contributed by atoms with E-state index in [1.54, 1.807) is 14.0 Å². The van der Waals surface area contributed by atoms with Gasteiger partial charge in [-0.25, -0.2) is 9.59 Å². The zero-order chi connectivity index (χ0) is 23.4. The number of methoxy groups -OCH3 is 2. The van der Waals surface area contributed by atoms with Gasteiger partial charge in [-0.05, 0) is 50.3 Å².